The lowest BCUT2D eigenvalue weighted by molar-refractivity contribution is -0.0103. The highest BCUT2D eigenvalue weighted by Crippen LogP contribution is 2.26. The van der Waals surface area contributed by atoms with Gasteiger partial charge in [0.15, 0.2) is 0 Å². The number of halogens is 1. The van der Waals surface area contributed by atoms with Gasteiger partial charge in [0, 0.05) is 24.8 Å². The summed E-state index contributed by atoms with van der Waals surface area (Å²) in [5.41, 5.74) is 1.93. The quantitative estimate of drug-likeness (QED) is 0.859. The van der Waals surface area contributed by atoms with Gasteiger partial charge in [-0.3, -0.25) is 0 Å². The van der Waals surface area contributed by atoms with E-state index in [-0.39, 0.29) is 24.6 Å². The van der Waals surface area contributed by atoms with E-state index in [4.69, 9.17) is 4.74 Å². The number of hydrogen-bond acceptors (Lipinski definition) is 4. The molecule has 0 aliphatic carbocycles. The Morgan fingerprint density at radius 1 is 1.53 bits per heavy atom. The number of aliphatic hydroxyl groups is 1. The van der Waals surface area contributed by atoms with Crippen LogP contribution in [0.1, 0.15) is 12.5 Å². The lowest BCUT2D eigenvalue weighted by Gasteiger charge is -2.40. The third kappa shape index (κ3) is 3.23. The molecule has 19 heavy (non-hydrogen) atoms. The van der Waals surface area contributed by atoms with Gasteiger partial charge in [-0.2, -0.15) is 0 Å². The van der Waals surface area contributed by atoms with E-state index in [2.05, 4.69) is 17.1 Å². The fourth-order valence-electron chi connectivity index (χ4n) is 2.43. The number of ether oxygens (including phenoxy) is 1. The number of morpholine rings is 1. The zero-order valence-electron chi connectivity index (χ0n) is 11.4. The Balaban J connectivity index is 2.28. The van der Waals surface area contributed by atoms with Crippen molar-refractivity contribution >= 4 is 5.69 Å². The molecule has 0 bridgehead atoms. The third-order valence-corrected chi connectivity index (χ3v) is 3.43. The number of rotatable bonds is 4. The molecule has 0 amide bonds. The van der Waals surface area contributed by atoms with Gasteiger partial charge >= 0.3 is 0 Å². The summed E-state index contributed by atoms with van der Waals surface area (Å²) < 4.78 is 18.9. The minimum atomic E-state index is -0.228. The van der Waals surface area contributed by atoms with Crippen LogP contribution in [0, 0.1) is 5.82 Å². The molecule has 106 valence electrons. The smallest absolute Gasteiger partial charge is 0.123 e. The molecular formula is C14H21FN2O2. The summed E-state index contributed by atoms with van der Waals surface area (Å²) >= 11 is 0. The van der Waals surface area contributed by atoms with Crippen LogP contribution in [0.25, 0.3) is 0 Å². The van der Waals surface area contributed by atoms with Gasteiger partial charge in [0.25, 0.3) is 0 Å². The van der Waals surface area contributed by atoms with Crippen LogP contribution in [0.4, 0.5) is 10.1 Å². The van der Waals surface area contributed by atoms with Crippen LogP contribution < -0.4 is 10.2 Å². The zero-order chi connectivity index (χ0) is 13.8. The SMILES string of the molecule is CNCc1cc(F)ccc1N1CC(CO)OCC1C. The van der Waals surface area contributed by atoms with Crippen molar-refractivity contribution < 1.29 is 14.2 Å². The summed E-state index contributed by atoms with van der Waals surface area (Å²) in [6.45, 7) is 3.88. The molecule has 0 radical (unpaired) electrons. The van der Waals surface area contributed by atoms with Crippen molar-refractivity contribution in [3.63, 3.8) is 0 Å². The number of nitrogens with one attached hydrogen (secondary N) is 1. The van der Waals surface area contributed by atoms with Gasteiger partial charge in [0.1, 0.15) is 5.82 Å². The second-order valence-electron chi connectivity index (χ2n) is 4.94. The number of aliphatic hydroxyl groups excluding tert-OH is 1. The highest BCUT2D eigenvalue weighted by Gasteiger charge is 2.27. The van der Waals surface area contributed by atoms with Crippen molar-refractivity contribution in [2.24, 2.45) is 0 Å². The first-order chi connectivity index (χ1) is 9.15. The van der Waals surface area contributed by atoms with Crippen molar-refractivity contribution in [3.8, 4) is 0 Å². The van der Waals surface area contributed by atoms with Gasteiger partial charge in [0.2, 0.25) is 0 Å². The predicted molar refractivity (Wildman–Crippen MR) is 72.8 cm³/mol. The molecule has 2 unspecified atom stereocenters. The minimum Gasteiger partial charge on any atom is -0.394 e. The predicted octanol–water partition coefficient (Wildman–Crippen LogP) is 1.13. The average molecular weight is 268 g/mol. The molecule has 1 aliphatic rings. The summed E-state index contributed by atoms with van der Waals surface area (Å²) in [4.78, 5) is 2.18. The van der Waals surface area contributed by atoms with E-state index in [1.165, 1.54) is 6.07 Å². The van der Waals surface area contributed by atoms with E-state index >= 15 is 0 Å². The topological polar surface area (TPSA) is 44.7 Å². The molecule has 2 rings (SSSR count). The molecule has 2 N–H and O–H groups in total. The maximum absolute atomic E-state index is 13.4. The molecule has 2 atom stereocenters. The molecule has 1 fully saturated rings. The minimum absolute atomic E-state index is 0.00573. The molecule has 0 aromatic heterocycles. The summed E-state index contributed by atoms with van der Waals surface area (Å²) in [5, 5.41) is 12.3. The standard InChI is InChI=1S/C14H21FN2O2/c1-10-9-19-13(8-18)7-17(10)14-4-3-12(15)5-11(14)6-16-2/h3-5,10,13,16,18H,6-9H2,1-2H3. The van der Waals surface area contributed by atoms with Crippen molar-refractivity contribution in [1.29, 1.82) is 0 Å². The van der Waals surface area contributed by atoms with Crippen LogP contribution in [0.2, 0.25) is 0 Å². The lowest BCUT2D eigenvalue weighted by atomic mass is 10.1. The molecule has 4 nitrogen and oxygen atoms in total. The van der Waals surface area contributed by atoms with Crippen molar-refractivity contribution in [2.75, 3.05) is 31.7 Å². The van der Waals surface area contributed by atoms with Gasteiger partial charge in [-0.25, -0.2) is 4.39 Å². The molecule has 0 saturated carbocycles. The van der Waals surface area contributed by atoms with Gasteiger partial charge in [-0.15, -0.1) is 0 Å². The van der Waals surface area contributed by atoms with Crippen LogP contribution in [-0.4, -0.2) is 44.1 Å². The van der Waals surface area contributed by atoms with E-state index in [0.29, 0.717) is 19.7 Å². The normalized spacial score (nSPS) is 23.7. The van der Waals surface area contributed by atoms with E-state index in [1.54, 1.807) is 12.1 Å². The van der Waals surface area contributed by atoms with Crippen molar-refractivity contribution in [1.82, 2.24) is 5.32 Å². The first kappa shape index (κ1) is 14.2. The number of anilines is 1. The molecular weight excluding hydrogens is 247 g/mol. The summed E-state index contributed by atoms with van der Waals surface area (Å²) in [7, 11) is 1.84. The van der Waals surface area contributed by atoms with E-state index in [1.807, 2.05) is 7.05 Å². The van der Waals surface area contributed by atoms with Crippen LogP contribution >= 0.6 is 0 Å². The van der Waals surface area contributed by atoms with Gasteiger partial charge in [-0.05, 0) is 37.7 Å². The van der Waals surface area contributed by atoms with Crippen LogP contribution in [0.5, 0.6) is 0 Å². The Morgan fingerprint density at radius 3 is 3.00 bits per heavy atom. The monoisotopic (exact) mass is 268 g/mol. The van der Waals surface area contributed by atoms with Gasteiger partial charge < -0.3 is 20.1 Å². The maximum Gasteiger partial charge on any atom is 0.123 e. The largest absolute Gasteiger partial charge is 0.394 e. The van der Waals surface area contributed by atoms with Gasteiger partial charge in [0.05, 0.1) is 19.3 Å². The van der Waals surface area contributed by atoms with E-state index in [9.17, 15) is 9.50 Å². The summed E-state index contributed by atoms with van der Waals surface area (Å²) in [6.07, 6.45) is -0.177. The second-order valence-corrected chi connectivity index (χ2v) is 4.94. The number of hydrogen-bond donors (Lipinski definition) is 2. The second kappa shape index (κ2) is 6.32. The molecule has 1 aliphatic heterocycles. The molecule has 5 heteroatoms. The van der Waals surface area contributed by atoms with Gasteiger partial charge in [-0.1, -0.05) is 0 Å². The molecule has 1 aromatic rings. The Morgan fingerprint density at radius 2 is 2.32 bits per heavy atom. The zero-order valence-corrected chi connectivity index (χ0v) is 11.4. The summed E-state index contributed by atoms with van der Waals surface area (Å²) in [6, 6.07) is 5.05. The highest BCUT2D eigenvalue weighted by molar-refractivity contribution is 5.55. The molecule has 0 spiro atoms. The fraction of sp³-hybridized carbons (Fsp3) is 0.571. The Hall–Kier alpha value is -1.17. The molecule has 1 aromatic carbocycles. The lowest BCUT2D eigenvalue weighted by Crippen LogP contribution is -2.50. The number of nitrogens with zero attached hydrogens (tertiary/aromatic N) is 1. The van der Waals surface area contributed by atoms with Crippen LogP contribution in [0.15, 0.2) is 18.2 Å². The Labute approximate surface area is 113 Å². The fourth-order valence-corrected chi connectivity index (χ4v) is 2.43. The van der Waals surface area contributed by atoms with E-state index < -0.39 is 0 Å². The summed E-state index contributed by atoms with van der Waals surface area (Å²) in [5.74, 6) is -0.228. The van der Waals surface area contributed by atoms with E-state index in [0.717, 1.165) is 11.3 Å². The maximum atomic E-state index is 13.4. The Kier molecular flexibility index (Phi) is 4.74. The molecule has 1 saturated heterocycles. The first-order valence-electron chi connectivity index (χ1n) is 6.57. The van der Waals surface area contributed by atoms with Crippen molar-refractivity contribution in [2.45, 2.75) is 25.6 Å². The highest BCUT2D eigenvalue weighted by atomic mass is 19.1. The average Bonchev–Trinajstić information content (AvgIpc) is 2.40. The van der Waals surface area contributed by atoms with Crippen molar-refractivity contribution in [3.05, 3.63) is 29.6 Å². The molecule has 1 heterocycles. The third-order valence-electron chi connectivity index (χ3n) is 3.43. The van der Waals surface area contributed by atoms with Crippen LogP contribution in [0.3, 0.4) is 0 Å². The number of benzene rings is 1. The van der Waals surface area contributed by atoms with Crippen LogP contribution in [-0.2, 0) is 11.3 Å². The first-order valence-corrected chi connectivity index (χ1v) is 6.57. The Bertz CT molecular complexity index is 428.